The SMILES string of the molecule is O=C(Nc1ccc(Cl)c(C(F)(F)F)c1)C1Cc2cc(Oc3ccnc(C4=NCCN4)c3)ccc2CO1. The number of hydrogen-bond acceptors (Lipinski definition) is 6. The molecule has 0 spiro atoms. The minimum absolute atomic E-state index is 0.0157. The van der Waals surface area contributed by atoms with Crippen molar-refractivity contribution >= 4 is 29.0 Å². The van der Waals surface area contributed by atoms with Crippen molar-refractivity contribution in [1.29, 1.82) is 0 Å². The molecular weight excluding hydrogens is 497 g/mol. The van der Waals surface area contributed by atoms with E-state index in [0.717, 1.165) is 35.6 Å². The smallest absolute Gasteiger partial charge is 0.417 e. The number of anilines is 1. The average Bonchev–Trinajstić information content (AvgIpc) is 3.39. The number of nitrogens with one attached hydrogen (secondary N) is 2. The molecule has 186 valence electrons. The van der Waals surface area contributed by atoms with Gasteiger partial charge in [0.2, 0.25) is 0 Å². The number of amidine groups is 1. The Hall–Kier alpha value is -3.63. The van der Waals surface area contributed by atoms with Gasteiger partial charge in [0.15, 0.2) is 0 Å². The zero-order valence-electron chi connectivity index (χ0n) is 18.7. The summed E-state index contributed by atoms with van der Waals surface area (Å²) in [7, 11) is 0. The third-order valence-electron chi connectivity index (χ3n) is 5.74. The molecule has 0 bridgehead atoms. The van der Waals surface area contributed by atoms with E-state index >= 15 is 0 Å². The zero-order chi connectivity index (χ0) is 25.3. The number of ether oxygens (including phenoxy) is 2. The van der Waals surface area contributed by atoms with Crippen LogP contribution in [0.15, 0.2) is 59.7 Å². The molecule has 36 heavy (non-hydrogen) atoms. The monoisotopic (exact) mass is 516 g/mol. The van der Waals surface area contributed by atoms with Gasteiger partial charge in [0.25, 0.3) is 5.91 Å². The normalized spacial score (nSPS) is 17.1. The molecule has 1 unspecified atom stereocenters. The van der Waals surface area contributed by atoms with Crippen molar-refractivity contribution in [3.8, 4) is 11.5 Å². The summed E-state index contributed by atoms with van der Waals surface area (Å²) in [6.45, 7) is 1.66. The Morgan fingerprint density at radius 2 is 1.94 bits per heavy atom. The molecule has 0 saturated carbocycles. The maximum atomic E-state index is 13.1. The van der Waals surface area contributed by atoms with Crippen LogP contribution in [0.1, 0.15) is 22.4 Å². The standard InChI is InChI=1S/C25H20ClF3N4O3/c26-20-4-2-16(11-19(20)25(27,28)29)33-24(34)22-10-15-9-17(3-1-14(15)13-35-22)36-18-5-6-30-21(12-18)23-31-7-8-32-23/h1-6,9,11-12,22H,7-8,10,13H2,(H,31,32)(H,33,34). The lowest BCUT2D eigenvalue weighted by Gasteiger charge is -2.25. The zero-order valence-corrected chi connectivity index (χ0v) is 19.5. The molecule has 5 rings (SSSR count). The fourth-order valence-electron chi connectivity index (χ4n) is 3.97. The predicted molar refractivity (Wildman–Crippen MR) is 128 cm³/mol. The molecule has 1 aromatic heterocycles. The van der Waals surface area contributed by atoms with Gasteiger partial charge in [-0.2, -0.15) is 13.2 Å². The van der Waals surface area contributed by atoms with E-state index < -0.39 is 28.8 Å². The highest BCUT2D eigenvalue weighted by Crippen LogP contribution is 2.36. The van der Waals surface area contributed by atoms with Gasteiger partial charge in [0, 0.05) is 30.9 Å². The van der Waals surface area contributed by atoms with E-state index in [1.807, 2.05) is 12.1 Å². The molecule has 0 fully saturated rings. The molecule has 2 aromatic carbocycles. The number of pyridine rings is 1. The first kappa shape index (κ1) is 24.1. The Bertz CT molecular complexity index is 1350. The number of aliphatic imine (C=N–C) groups is 1. The van der Waals surface area contributed by atoms with Crippen molar-refractivity contribution in [3.05, 3.63) is 82.1 Å². The van der Waals surface area contributed by atoms with E-state index in [9.17, 15) is 18.0 Å². The fraction of sp³-hybridized carbons (Fsp3) is 0.240. The minimum atomic E-state index is -4.63. The summed E-state index contributed by atoms with van der Waals surface area (Å²) in [6.07, 6.45) is -3.64. The maximum absolute atomic E-state index is 13.1. The van der Waals surface area contributed by atoms with E-state index in [4.69, 9.17) is 21.1 Å². The van der Waals surface area contributed by atoms with Crippen molar-refractivity contribution in [2.24, 2.45) is 4.99 Å². The highest BCUT2D eigenvalue weighted by molar-refractivity contribution is 6.31. The average molecular weight is 517 g/mol. The first-order valence-electron chi connectivity index (χ1n) is 11.1. The summed E-state index contributed by atoms with van der Waals surface area (Å²) in [5.41, 5.74) is 1.40. The molecule has 0 aliphatic carbocycles. The van der Waals surface area contributed by atoms with Crippen molar-refractivity contribution in [2.45, 2.75) is 25.3 Å². The number of fused-ring (bicyclic) bond motifs is 1. The van der Waals surface area contributed by atoms with Crippen LogP contribution in [0.3, 0.4) is 0 Å². The molecule has 7 nitrogen and oxygen atoms in total. The quantitative estimate of drug-likeness (QED) is 0.500. The number of alkyl halides is 3. The van der Waals surface area contributed by atoms with Crippen LogP contribution < -0.4 is 15.4 Å². The van der Waals surface area contributed by atoms with Gasteiger partial charge < -0.3 is 20.1 Å². The van der Waals surface area contributed by atoms with Crippen molar-refractivity contribution in [3.63, 3.8) is 0 Å². The van der Waals surface area contributed by atoms with Crippen molar-refractivity contribution in [1.82, 2.24) is 10.3 Å². The number of nitrogens with zero attached hydrogens (tertiary/aromatic N) is 2. The summed E-state index contributed by atoms with van der Waals surface area (Å²) in [5.74, 6) is 1.33. The van der Waals surface area contributed by atoms with Gasteiger partial charge in [-0.25, -0.2) is 0 Å². The number of benzene rings is 2. The van der Waals surface area contributed by atoms with E-state index in [1.165, 1.54) is 6.07 Å². The summed E-state index contributed by atoms with van der Waals surface area (Å²) in [6, 6.07) is 12.2. The van der Waals surface area contributed by atoms with Crippen molar-refractivity contribution in [2.75, 3.05) is 18.4 Å². The number of carbonyl (C=O) groups is 1. The number of carbonyl (C=O) groups excluding carboxylic acids is 1. The molecule has 0 saturated heterocycles. The summed E-state index contributed by atoms with van der Waals surface area (Å²) < 4.78 is 51.1. The Morgan fingerprint density at radius 3 is 2.72 bits per heavy atom. The van der Waals surface area contributed by atoms with Gasteiger partial charge in [0.05, 0.1) is 23.7 Å². The first-order chi connectivity index (χ1) is 17.3. The van der Waals surface area contributed by atoms with Crippen LogP contribution in [0.4, 0.5) is 18.9 Å². The van der Waals surface area contributed by atoms with E-state index in [2.05, 4.69) is 20.6 Å². The lowest BCUT2D eigenvalue weighted by atomic mass is 9.98. The number of hydrogen-bond donors (Lipinski definition) is 2. The number of aromatic nitrogens is 1. The largest absolute Gasteiger partial charge is 0.457 e. The van der Waals surface area contributed by atoms with E-state index in [-0.39, 0.29) is 18.7 Å². The molecule has 1 atom stereocenters. The summed E-state index contributed by atoms with van der Waals surface area (Å²) in [4.78, 5) is 21.4. The third-order valence-corrected chi connectivity index (χ3v) is 6.07. The third kappa shape index (κ3) is 5.29. The van der Waals surface area contributed by atoms with Gasteiger partial charge in [0.1, 0.15) is 29.1 Å². The molecule has 3 aromatic rings. The molecule has 11 heteroatoms. The fourth-order valence-corrected chi connectivity index (χ4v) is 4.19. The van der Waals surface area contributed by atoms with Crippen LogP contribution in [0.2, 0.25) is 5.02 Å². The Labute approximate surface area is 209 Å². The predicted octanol–water partition coefficient (Wildman–Crippen LogP) is 4.98. The number of amides is 1. The highest BCUT2D eigenvalue weighted by Gasteiger charge is 2.34. The van der Waals surface area contributed by atoms with Crippen molar-refractivity contribution < 1.29 is 27.4 Å². The molecule has 3 heterocycles. The highest BCUT2D eigenvalue weighted by atomic mass is 35.5. The minimum Gasteiger partial charge on any atom is -0.457 e. The second-order valence-corrected chi connectivity index (χ2v) is 8.66. The second kappa shape index (κ2) is 9.79. The van der Waals surface area contributed by atoms with Gasteiger partial charge in [-0.1, -0.05) is 17.7 Å². The summed E-state index contributed by atoms with van der Waals surface area (Å²) in [5, 5.41) is 5.22. The number of halogens is 4. The van der Waals surface area contributed by atoms with E-state index in [0.29, 0.717) is 23.7 Å². The lowest BCUT2D eigenvalue weighted by Crippen LogP contribution is -2.35. The topological polar surface area (TPSA) is 84.8 Å². The Kier molecular flexibility index (Phi) is 6.55. The van der Waals surface area contributed by atoms with Gasteiger partial charge in [-0.3, -0.25) is 14.8 Å². The van der Waals surface area contributed by atoms with Crippen LogP contribution >= 0.6 is 11.6 Å². The van der Waals surface area contributed by atoms with Gasteiger partial charge in [-0.15, -0.1) is 0 Å². The molecule has 1 amide bonds. The molecule has 2 aliphatic heterocycles. The van der Waals surface area contributed by atoms with Gasteiger partial charge in [-0.05, 0) is 47.5 Å². The molecular formula is C25H20ClF3N4O3. The maximum Gasteiger partial charge on any atom is 0.417 e. The second-order valence-electron chi connectivity index (χ2n) is 8.25. The van der Waals surface area contributed by atoms with E-state index in [1.54, 1.807) is 24.4 Å². The molecule has 2 N–H and O–H groups in total. The van der Waals surface area contributed by atoms with Crippen LogP contribution in [-0.4, -0.2) is 35.9 Å². The number of rotatable bonds is 5. The summed E-state index contributed by atoms with van der Waals surface area (Å²) >= 11 is 5.66. The Balaban J connectivity index is 1.28. The first-order valence-corrected chi connectivity index (χ1v) is 11.5. The van der Waals surface area contributed by atoms with Crippen LogP contribution in [0.25, 0.3) is 0 Å². The van der Waals surface area contributed by atoms with Crippen LogP contribution in [-0.2, 0) is 28.7 Å². The molecule has 0 radical (unpaired) electrons. The Morgan fingerprint density at radius 1 is 1.11 bits per heavy atom. The lowest BCUT2D eigenvalue weighted by molar-refractivity contribution is -0.137. The van der Waals surface area contributed by atoms with Gasteiger partial charge >= 0.3 is 6.18 Å². The van der Waals surface area contributed by atoms with Crippen LogP contribution in [0, 0.1) is 0 Å². The molecule has 2 aliphatic rings. The van der Waals surface area contributed by atoms with Crippen LogP contribution in [0.5, 0.6) is 11.5 Å².